The molecule has 0 saturated heterocycles. The van der Waals surface area contributed by atoms with Gasteiger partial charge in [0.2, 0.25) is 0 Å². The van der Waals surface area contributed by atoms with Crippen molar-refractivity contribution in [2.24, 2.45) is 0 Å². The Kier molecular flexibility index (Phi) is 5.64. The first kappa shape index (κ1) is 24.9. The average molecular weight is 581 g/mol. The predicted molar refractivity (Wildman–Crippen MR) is 184 cm³/mol. The van der Waals surface area contributed by atoms with Crippen molar-refractivity contribution >= 4 is 53.3 Å². The molecule has 44 heavy (non-hydrogen) atoms. The monoisotopic (exact) mass is 580 g/mol. The lowest BCUT2D eigenvalue weighted by atomic mass is 9.85. The topological polar surface area (TPSA) is 54.5 Å². The van der Waals surface area contributed by atoms with E-state index < -0.39 is 0 Å². The molecule has 0 amide bonds. The van der Waals surface area contributed by atoms with E-state index in [0.717, 1.165) is 55.7 Å². The summed E-state index contributed by atoms with van der Waals surface area (Å²) >= 11 is 1.81. The van der Waals surface area contributed by atoms with E-state index >= 15 is 0 Å². The molecule has 0 radical (unpaired) electrons. The number of nitrogens with one attached hydrogen (secondary N) is 1. The van der Waals surface area contributed by atoms with Gasteiger partial charge in [-0.25, -0.2) is 0 Å². The van der Waals surface area contributed by atoms with Crippen molar-refractivity contribution in [1.82, 2.24) is 20.4 Å². The van der Waals surface area contributed by atoms with Gasteiger partial charge in [0.05, 0.1) is 11.7 Å². The number of thiophene rings is 1. The van der Waals surface area contributed by atoms with Gasteiger partial charge in [-0.15, -0.1) is 21.5 Å². The summed E-state index contributed by atoms with van der Waals surface area (Å²) in [7, 11) is 0. The quantitative estimate of drug-likeness (QED) is 0.225. The Morgan fingerprint density at radius 2 is 1.18 bits per heavy atom. The molecule has 0 fully saturated rings. The maximum atomic E-state index is 4.76. The first-order valence-electron chi connectivity index (χ1n) is 14.6. The fourth-order valence-corrected chi connectivity index (χ4v) is 7.78. The number of nitrogens with zero attached hydrogens (tertiary/aromatic N) is 3. The van der Waals surface area contributed by atoms with E-state index in [0.29, 0.717) is 0 Å². The number of rotatable bonds is 4. The first-order chi connectivity index (χ1) is 21.8. The Balaban J connectivity index is 1.39. The largest absolute Gasteiger partial charge is 0.354 e. The number of fused-ring (bicyclic) bond motifs is 6. The summed E-state index contributed by atoms with van der Waals surface area (Å²) in [5, 5.41) is 18.2. The smallest absolute Gasteiger partial charge is 0.105 e. The van der Waals surface area contributed by atoms with E-state index in [1.807, 2.05) is 17.5 Å². The summed E-state index contributed by atoms with van der Waals surface area (Å²) in [6.45, 7) is 0. The van der Waals surface area contributed by atoms with Crippen LogP contribution in [0.5, 0.6) is 0 Å². The van der Waals surface area contributed by atoms with Crippen molar-refractivity contribution in [2.45, 2.75) is 0 Å². The van der Waals surface area contributed by atoms with Crippen LogP contribution < -0.4 is 0 Å². The number of hydrogen-bond donors (Lipinski definition) is 1. The summed E-state index contributed by atoms with van der Waals surface area (Å²) in [5.74, 6) is 0. The number of hydrogen-bond acceptors (Lipinski definition) is 4. The van der Waals surface area contributed by atoms with Crippen LogP contribution in [0, 0.1) is 0 Å². The van der Waals surface area contributed by atoms with E-state index in [2.05, 4.69) is 149 Å². The van der Waals surface area contributed by atoms with Crippen molar-refractivity contribution in [3.8, 4) is 44.6 Å². The minimum atomic E-state index is 0.822. The van der Waals surface area contributed by atoms with Gasteiger partial charge >= 0.3 is 0 Å². The van der Waals surface area contributed by atoms with Crippen LogP contribution in [0.2, 0.25) is 0 Å². The third kappa shape index (κ3) is 3.80. The fourth-order valence-electron chi connectivity index (χ4n) is 6.65. The second-order valence-electron chi connectivity index (χ2n) is 11.0. The van der Waals surface area contributed by atoms with Crippen molar-refractivity contribution in [3.63, 3.8) is 0 Å². The van der Waals surface area contributed by atoms with Gasteiger partial charge in [0.1, 0.15) is 5.69 Å². The summed E-state index contributed by atoms with van der Waals surface area (Å²) in [6, 6.07) is 47.3. The zero-order chi connectivity index (χ0) is 29.0. The minimum absolute atomic E-state index is 0.822. The summed E-state index contributed by atoms with van der Waals surface area (Å²) in [4.78, 5) is 3.73. The SMILES string of the molecule is c1ccc(-c2cccc(-c3cccc4c3[nH]c3ccccc34)c2-c2cnnnc2-c2cccc3sc4ccccc4c23)cc1. The first-order valence-corrected chi connectivity index (χ1v) is 15.4. The lowest BCUT2D eigenvalue weighted by molar-refractivity contribution is 0.873. The number of aromatic amines is 1. The highest BCUT2D eigenvalue weighted by Gasteiger charge is 2.23. The third-order valence-electron chi connectivity index (χ3n) is 8.55. The zero-order valence-corrected chi connectivity index (χ0v) is 24.3. The molecule has 5 heteroatoms. The van der Waals surface area contributed by atoms with Crippen LogP contribution in [0.4, 0.5) is 0 Å². The summed E-state index contributed by atoms with van der Waals surface area (Å²) < 4.78 is 2.49. The van der Waals surface area contributed by atoms with E-state index in [1.165, 1.54) is 30.9 Å². The highest BCUT2D eigenvalue weighted by molar-refractivity contribution is 7.25. The van der Waals surface area contributed by atoms with E-state index in [-0.39, 0.29) is 0 Å². The van der Waals surface area contributed by atoms with Crippen LogP contribution >= 0.6 is 11.3 Å². The lowest BCUT2D eigenvalue weighted by Crippen LogP contribution is -1.99. The molecular weight excluding hydrogens is 557 g/mol. The van der Waals surface area contributed by atoms with Gasteiger partial charge in [0, 0.05) is 58.7 Å². The second kappa shape index (κ2) is 9.97. The number of para-hydroxylation sites is 2. The molecule has 9 rings (SSSR count). The Morgan fingerprint density at radius 3 is 2.11 bits per heavy atom. The normalized spacial score (nSPS) is 11.6. The standard InChI is InChI=1S/C39H24N4S/c1-2-11-24(12-3-1)25-15-8-16-27(29-18-9-17-28-26-13-4-6-20-33(26)41-38(28)29)36(25)32-23-40-43-42-39(32)31-19-10-22-35-37(31)30-14-5-7-21-34(30)44-35/h1-23,41H. The molecule has 6 aromatic carbocycles. The van der Waals surface area contributed by atoms with Gasteiger partial charge in [-0.3, -0.25) is 0 Å². The predicted octanol–water partition coefficient (Wildman–Crippen LogP) is 10.5. The maximum Gasteiger partial charge on any atom is 0.105 e. The molecule has 0 aliphatic rings. The highest BCUT2D eigenvalue weighted by atomic mass is 32.1. The molecule has 0 aliphatic heterocycles. The number of aromatic nitrogens is 4. The summed E-state index contributed by atoms with van der Waals surface area (Å²) in [5.41, 5.74) is 10.6. The van der Waals surface area contributed by atoms with Crippen molar-refractivity contribution < 1.29 is 0 Å². The Bertz CT molecular complexity index is 2510. The van der Waals surface area contributed by atoms with E-state index in [9.17, 15) is 0 Å². The average Bonchev–Trinajstić information content (AvgIpc) is 3.67. The van der Waals surface area contributed by atoms with Crippen LogP contribution in [0.25, 0.3) is 86.6 Å². The molecule has 206 valence electrons. The fraction of sp³-hybridized carbons (Fsp3) is 0. The van der Waals surface area contributed by atoms with Gasteiger partial charge < -0.3 is 4.98 Å². The van der Waals surface area contributed by atoms with Crippen LogP contribution in [-0.2, 0) is 0 Å². The molecule has 9 aromatic rings. The number of H-pyrrole nitrogens is 1. The van der Waals surface area contributed by atoms with Crippen LogP contribution in [0.15, 0.2) is 140 Å². The van der Waals surface area contributed by atoms with Crippen LogP contribution in [0.1, 0.15) is 0 Å². The molecule has 3 heterocycles. The van der Waals surface area contributed by atoms with Crippen molar-refractivity contribution in [2.75, 3.05) is 0 Å². The Morgan fingerprint density at radius 1 is 0.500 bits per heavy atom. The Labute approximate surface area is 257 Å². The molecule has 4 nitrogen and oxygen atoms in total. The van der Waals surface area contributed by atoms with E-state index in [1.54, 1.807) is 0 Å². The lowest BCUT2D eigenvalue weighted by Gasteiger charge is -2.18. The summed E-state index contributed by atoms with van der Waals surface area (Å²) in [6.07, 6.45) is 1.88. The van der Waals surface area contributed by atoms with Gasteiger partial charge in [-0.2, -0.15) is 0 Å². The molecule has 0 unspecified atom stereocenters. The zero-order valence-electron chi connectivity index (χ0n) is 23.5. The molecular formula is C39H24N4S. The number of benzene rings is 6. The minimum Gasteiger partial charge on any atom is -0.354 e. The van der Waals surface area contributed by atoms with Crippen LogP contribution in [0.3, 0.4) is 0 Å². The molecule has 0 bridgehead atoms. The van der Waals surface area contributed by atoms with Crippen molar-refractivity contribution in [3.05, 3.63) is 140 Å². The van der Waals surface area contributed by atoms with Gasteiger partial charge in [0.15, 0.2) is 0 Å². The van der Waals surface area contributed by atoms with Gasteiger partial charge in [-0.1, -0.05) is 115 Å². The molecule has 0 spiro atoms. The van der Waals surface area contributed by atoms with Crippen LogP contribution in [-0.4, -0.2) is 20.4 Å². The molecule has 0 atom stereocenters. The molecule has 0 aliphatic carbocycles. The second-order valence-corrected chi connectivity index (χ2v) is 12.0. The molecule has 0 saturated carbocycles. The molecule has 1 N–H and O–H groups in total. The van der Waals surface area contributed by atoms with Gasteiger partial charge in [-0.05, 0) is 40.1 Å². The van der Waals surface area contributed by atoms with Gasteiger partial charge in [0.25, 0.3) is 0 Å². The molecule has 3 aromatic heterocycles. The van der Waals surface area contributed by atoms with Crippen molar-refractivity contribution in [1.29, 1.82) is 0 Å². The van der Waals surface area contributed by atoms with E-state index in [4.69, 9.17) is 5.10 Å². The third-order valence-corrected chi connectivity index (χ3v) is 9.68. The highest BCUT2D eigenvalue weighted by Crippen LogP contribution is 2.47. The maximum absolute atomic E-state index is 4.76. The Hall–Kier alpha value is -5.65.